The Morgan fingerprint density at radius 3 is 2.43 bits per heavy atom. The molecule has 0 radical (unpaired) electrons. The Hall–Kier alpha value is -3.00. The van der Waals surface area contributed by atoms with E-state index in [1.54, 1.807) is 27.9 Å². The van der Waals surface area contributed by atoms with Crippen LogP contribution in [0.1, 0.15) is 38.1 Å². The molecule has 6 nitrogen and oxygen atoms in total. The molecule has 1 N–H and O–H groups in total. The topological polar surface area (TPSA) is 75.7 Å². The minimum atomic E-state index is -0.605. The average molecular weight is 404 g/mol. The van der Waals surface area contributed by atoms with Crippen LogP contribution in [0.4, 0.5) is 9.39 Å². The molecule has 0 atom stereocenters. The van der Waals surface area contributed by atoms with Crippen LogP contribution in [0.15, 0.2) is 30.3 Å². The lowest BCUT2D eigenvalue weighted by Crippen LogP contribution is -2.21. The second-order valence-electron chi connectivity index (χ2n) is 6.05. The summed E-state index contributed by atoms with van der Waals surface area (Å²) in [6.45, 7) is 3.49. The quantitative estimate of drug-likeness (QED) is 0.588. The van der Waals surface area contributed by atoms with E-state index >= 15 is 0 Å². The molecule has 1 heterocycles. The van der Waals surface area contributed by atoms with Crippen LogP contribution in [0, 0.1) is 12.7 Å². The van der Waals surface area contributed by atoms with Crippen LogP contribution in [0.25, 0.3) is 6.08 Å². The van der Waals surface area contributed by atoms with E-state index in [2.05, 4.69) is 5.32 Å². The van der Waals surface area contributed by atoms with E-state index in [-0.39, 0.29) is 28.9 Å². The number of carbonyl (C=O) groups is 3. The van der Waals surface area contributed by atoms with E-state index in [9.17, 15) is 18.8 Å². The first-order chi connectivity index (χ1) is 13.2. The summed E-state index contributed by atoms with van der Waals surface area (Å²) >= 11 is 1.02. The fourth-order valence-electron chi connectivity index (χ4n) is 2.36. The summed E-state index contributed by atoms with van der Waals surface area (Å²) in [5.41, 5.74) is 1.27. The zero-order valence-electron chi connectivity index (χ0n) is 16.0. The third-order valence-corrected chi connectivity index (χ3v) is 4.96. The summed E-state index contributed by atoms with van der Waals surface area (Å²) < 4.78 is 18.0. The fraction of sp³-hybridized carbons (Fsp3) is 0.250. The molecule has 2 aromatic rings. The van der Waals surface area contributed by atoms with Crippen molar-refractivity contribution in [3.8, 4) is 0 Å². The van der Waals surface area contributed by atoms with E-state index in [0.717, 1.165) is 11.3 Å². The first-order valence-electron chi connectivity index (χ1n) is 8.51. The summed E-state index contributed by atoms with van der Waals surface area (Å²) in [7, 11) is 3.21. The molecule has 0 bridgehead atoms. The molecule has 148 valence electrons. The lowest BCUT2D eigenvalue weighted by atomic mass is 10.1. The lowest BCUT2D eigenvalue weighted by Gasteiger charge is -2.09. The SMILES string of the molecule is CCOC(=O)c1c(NC(=O)C=Cc2ccc(F)cc2)sc(C(=O)N(C)C)c1C. The van der Waals surface area contributed by atoms with Gasteiger partial charge < -0.3 is 15.0 Å². The molecule has 0 saturated heterocycles. The van der Waals surface area contributed by atoms with Crippen molar-refractivity contribution in [1.29, 1.82) is 0 Å². The van der Waals surface area contributed by atoms with E-state index in [1.165, 1.54) is 41.3 Å². The van der Waals surface area contributed by atoms with Gasteiger partial charge in [-0.1, -0.05) is 12.1 Å². The number of hydrogen-bond donors (Lipinski definition) is 1. The van der Waals surface area contributed by atoms with Crippen LogP contribution < -0.4 is 5.32 Å². The van der Waals surface area contributed by atoms with Crippen molar-refractivity contribution >= 4 is 40.2 Å². The number of carbonyl (C=O) groups excluding carboxylic acids is 3. The van der Waals surface area contributed by atoms with Crippen LogP contribution >= 0.6 is 11.3 Å². The number of rotatable bonds is 6. The van der Waals surface area contributed by atoms with Crippen molar-refractivity contribution in [3.05, 3.63) is 57.7 Å². The molecule has 8 heteroatoms. The number of ether oxygens (including phenoxy) is 1. The van der Waals surface area contributed by atoms with Crippen LogP contribution in [-0.2, 0) is 9.53 Å². The number of nitrogens with zero attached hydrogens (tertiary/aromatic N) is 1. The maximum absolute atomic E-state index is 12.9. The summed E-state index contributed by atoms with van der Waals surface area (Å²) in [5.74, 6) is -1.73. The van der Waals surface area contributed by atoms with Gasteiger partial charge in [0.1, 0.15) is 10.8 Å². The van der Waals surface area contributed by atoms with Gasteiger partial charge in [-0.05, 0) is 43.2 Å². The van der Waals surface area contributed by atoms with E-state index in [1.807, 2.05) is 0 Å². The first-order valence-corrected chi connectivity index (χ1v) is 9.33. The van der Waals surface area contributed by atoms with Crippen molar-refractivity contribution in [2.75, 3.05) is 26.0 Å². The highest BCUT2D eigenvalue weighted by atomic mass is 32.1. The zero-order chi connectivity index (χ0) is 20.8. The number of esters is 1. The van der Waals surface area contributed by atoms with Crippen LogP contribution in [0.3, 0.4) is 0 Å². The molecule has 0 saturated carbocycles. The standard InChI is InChI=1S/C20H21FN2O4S/c1-5-27-20(26)16-12(2)17(19(25)23(3)4)28-18(16)22-15(24)11-8-13-6-9-14(21)10-7-13/h6-11H,5H2,1-4H3,(H,22,24). The van der Waals surface area contributed by atoms with E-state index < -0.39 is 11.9 Å². The molecule has 1 aromatic carbocycles. The van der Waals surface area contributed by atoms with Crippen LogP contribution in [-0.4, -0.2) is 43.4 Å². The Labute approximate surface area is 166 Å². The minimum Gasteiger partial charge on any atom is -0.462 e. The van der Waals surface area contributed by atoms with Gasteiger partial charge >= 0.3 is 5.97 Å². The molecule has 28 heavy (non-hydrogen) atoms. The van der Waals surface area contributed by atoms with Crippen molar-refractivity contribution in [2.45, 2.75) is 13.8 Å². The molecular weight excluding hydrogens is 383 g/mol. The van der Waals surface area contributed by atoms with Crippen LogP contribution in [0.5, 0.6) is 0 Å². The number of amides is 2. The maximum Gasteiger partial charge on any atom is 0.341 e. The minimum absolute atomic E-state index is 0.167. The molecular formula is C20H21FN2O4S. The molecule has 0 unspecified atom stereocenters. The Morgan fingerprint density at radius 1 is 1.21 bits per heavy atom. The molecule has 0 aliphatic heterocycles. The number of hydrogen-bond acceptors (Lipinski definition) is 5. The third kappa shape index (κ3) is 5.04. The predicted octanol–water partition coefficient (Wildman–Crippen LogP) is 3.73. The van der Waals surface area contributed by atoms with Gasteiger partial charge in [0, 0.05) is 20.2 Å². The largest absolute Gasteiger partial charge is 0.462 e. The maximum atomic E-state index is 12.9. The van der Waals surface area contributed by atoms with E-state index in [0.29, 0.717) is 16.0 Å². The normalized spacial score (nSPS) is 10.8. The molecule has 2 rings (SSSR count). The third-order valence-electron chi connectivity index (χ3n) is 3.76. The van der Waals surface area contributed by atoms with Gasteiger partial charge in [-0.2, -0.15) is 0 Å². The van der Waals surface area contributed by atoms with Gasteiger partial charge in [-0.15, -0.1) is 11.3 Å². The summed E-state index contributed by atoms with van der Waals surface area (Å²) in [5, 5.41) is 2.88. The summed E-state index contributed by atoms with van der Waals surface area (Å²) in [4.78, 5) is 38.7. The summed E-state index contributed by atoms with van der Waals surface area (Å²) in [6, 6.07) is 5.65. The Morgan fingerprint density at radius 2 is 1.86 bits per heavy atom. The molecule has 2 amide bonds. The number of anilines is 1. The predicted molar refractivity (Wildman–Crippen MR) is 107 cm³/mol. The molecule has 0 aliphatic rings. The highest BCUT2D eigenvalue weighted by molar-refractivity contribution is 7.18. The van der Waals surface area contributed by atoms with Crippen molar-refractivity contribution in [2.24, 2.45) is 0 Å². The van der Waals surface area contributed by atoms with Crippen LogP contribution in [0.2, 0.25) is 0 Å². The first kappa shape index (κ1) is 21.3. The molecule has 1 aromatic heterocycles. The monoisotopic (exact) mass is 404 g/mol. The van der Waals surface area contributed by atoms with Gasteiger partial charge in [0.2, 0.25) is 5.91 Å². The Kier molecular flexibility index (Phi) is 7.06. The average Bonchev–Trinajstić information content (AvgIpc) is 2.96. The van der Waals surface area contributed by atoms with Gasteiger partial charge in [0.15, 0.2) is 0 Å². The zero-order valence-corrected chi connectivity index (χ0v) is 16.9. The fourth-order valence-corrected chi connectivity index (χ4v) is 3.58. The van der Waals surface area contributed by atoms with Crippen molar-refractivity contribution < 1.29 is 23.5 Å². The molecule has 0 spiro atoms. The number of thiophene rings is 1. The Bertz CT molecular complexity index is 917. The van der Waals surface area contributed by atoms with Gasteiger partial charge in [-0.25, -0.2) is 9.18 Å². The van der Waals surface area contributed by atoms with Crippen molar-refractivity contribution in [3.63, 3.8) is 0 Å². The van der Waals surface area contributed by atoms with E-state index in [4.69, 9.17) is 4.74 Å². The highest BCUT2D eigenvalue weighted by Gasteiger charge is 2.27. The number of nitrogens with one attached hydrogen (secondary N) is 1. The highest BCUT2D eigenvalue weighted by Crippen LogP contribution is 2.34. The Balaban J connectivity index is 2.30. The molecule has 0 fully saturated rings. The number of benzene rings is 1. The summed E-state index contributed by atoms with van der Waals surface area (Å²) in [6.07, 6.45) is 2.79. The van der Waals surface area contributed by atoms with Crippen molar-refractivity contribution in [1.82, 2.24) is 4.90 Å². The lowest BCUT2D eigenvalue weighted by molar-refractivity contribution is -0.111. The van der Waals surface area contributed by atoms with Gasteiger partial charge in [0.05, 0.1) is 17.0 Å². The second-order valence-corrected chi connectivity index (χ2v) is 7.08. The van der Waals surface area contributed by atoms with Gasteiger partial charge in [-0.3, -0.25) is 9.59 Å². The number of halogens is 1. The smallest absolute Gasteiger partial charge is 0.341 e. The second kappa shape index (κ2) is 9.27. The molecule has 0 aliphatic carbocycles. The van der Waals surface area contributed by atoms with Gasteiger partial charge in [0.25, 0.3) is 5.91 Å².